The average molecular weight is 367 g/mol. The molecule has 1 fully saturated rings. The summed E-state index contributed by atoms with van der Waals surface area (Å²) in [6.45, 7) is -0.253. The highest BCUT2D eigenvalue weighted by atomic mass is 32.2. The summed E-state index contributed by atoms with van der Waals surface area (Å²) < 4.78 is 71.5. The van der Waals surface area contributed by atoms with Gasteiger partial charge in [0.25, 0.3) is 0 Å². The SMILES string of the molecule is COC(=O)c1ccccc1S(=O)(=O)N1CCC(OC(F)(F)F)CC1. The number of methoxy groups -OCH3 is 1. The van der Waals surface area contributed by atoms with Gasteiger partial charge in [-0.1, -0.05) is 12.1 Å². The van der Waals surface area contributed by atoms with Gasteiger partial charge >= 0.3 is 12.3 Å². The summed E-state index contributed by atoms with van der Waals surface area (Å²) >= 11 is 0. The summed E-state index contributed by atoms with van der Waals surface area (Å²) in [5.41, 5.74) is -0.117. The largest absolute Gasteiger partial charge is 0.522 e. The minimum atomic E-state index is -4.75. The smallest absolute Gasteiger partial charge is 0.465 e. The maximum absolute atomic E-state index is 12.7. The highest BCUT2D eigenvalue weighted by Crippen LogP contribution is 2.28. The van der Waals surface area contributed by atoms with Crippen molar-refractivity contribution in [3.8, 4) is 0 Å². The van der Waals surface area contributed by atoms with Crippen molar-refractivity contribution < 1.29 is 35.9 Å². The maximum atomic E-state index is 12.7. The van der Waals surface area contributed by atoms with Crippen LogP contribution in [-0.4, -0.2) is 51.4 Å². The Hall–Kier alpha value is -1.65. The van der Waals surface area contributed by atoms with E-state index in [1.165, 1.54) is 24.3 Å². The van der Waals surface area contributed by atoms with Gasteiger partial charge in [-0.05, 0) is 25.0 Å². The van der Waals surface area contributed by atoms with Gasteiger partial charge in [0.05, 0.1) is 23.7 Å². The Balaban J connectivity index is 2.17. The molecule has 1 aliphatic heterocycles. The zero-order valence-electron chi connectivity index (χ0n) is 12.7. The fourth-order valence-corrected chi connectivity index (χ4v) is 4.14. The van der Waals surface area contributed by atoms with Crippen LogP contribution in [0.25, 0.3) is 0 Å². The van der Waals surface area contributed by atoms with Gasteiger partial charge in [-0.3, -0.25) is 4.74 Å². The molecule has 2 rings (SSSR count). The summed E-state index contributed by atoms with van der Waals surface area (Å²) in [4.78, 5) is 11.5. The number of carbonyl (C=O) groups is 1. The predicted octanol–water partition coefficient (Wildman–Crippen LogP) is 2.16. The summed E-state index contributed by atoms with van der Waals surface area (Å²) in [5.74, 6) is -0.801. The Morgan fingerprint density at radius 1 is 1.21 bits per heavy atom. The molecule has 0 radical (unpaired) electrons. The van der Waals surface area contributed by atoms with Crippen LogP contribution in [0.15, 0.2) is 29.2 Å². The van der Waals surface area contributed by atoms with Gasteiger partial charge in [0.15, 0.2) is 0 Å². The molecule has 10 heteroatoms. The molecular formula is C14H16F3NO5S. The summed E-state index contributed by atoms with van der Waals surface area (Å²) in [6, 6.07) is 5.53. The van der Waals surface area contributed by atoms with Crippen molar-refractivity contribution in [2.24, 2.45) is 0 Å². The van der Waals surface area contributed by atoms with Gasteiger partial charge < -0.3 is 4.74 Å². The monoisotopic (exact) mass is 367 g/mol. The minimum absolute atomic E-state index is 0.0842. The molecule has 0 saturated carbocycles. The maximum Gasteiger partial charge on any atom is 0.522 e. The van der Waals surface area contributed by atoms with Crippen LogP contribution in [0.2, 0.25) is 0 Å². The van der Waals surface area contributed by atoms with Crippen LogP contribution < -0.4 is 0 Å². The normalized spacial score (nSPS) is 17.7. The number of nitrogens with zero attached hydrogens (tertiary/aromatic N) is 1. The number of carbonyl (C=O) groups excluding carboxylic acids is 1. The number of hydrogen-bond donors (Lipinski definition) is 0. The van der Waals surface area contributed by atoms with Gasteiger partial charge in [0.2, 0.25) is 10.0 Å². The number of alkyl halides is 3. The Labute approximate surface area is 137 Å². The van der Waals surface area contributed by atoms with Crippen LogP contribution >= 0.6 is 0 Å². The third-order valence-corrected chi connectivity index (χ3v) is 5.57. The number of halogens is 3. The quantitative estimate of drug-likeness (QED) is 0.763. The molecule has 1 heterocycles. The lowest BCUT2D eigenvalue weighted by molar-refractivity contribution is -0.345. The lowest BCUT2D eigenvalue weighted by Crippen LogP contribution is -2.42. The zero-order chi connectivity index (χ0) is 18.0. The van der Waals surface area contributed by atoms with E-state index in [2.05, 4.69) is 9.47 Å². The molecule has 0 aliphatic carbocycles. The Morgan fingerprint density at radius 3 is 2.33 bits per heavy atom. The van der Waals surface area contributed by atoms with E-state index in [4.69, 9.17) is 0 Å². The van der Waals surface area contributed by atoms with Gasteiger partial charge in [-0.2, -0.15) is 4.31 Å². The topological polar surface area (TPSA) is 72.9 Å². The molecule has 0 N–H and O–H groups in total. The van der Waals surface area contributed by atoms with Gasteiger partial charge in [-0.25, -0.2) is 13.2 Å². The molecule has 1 saturated heterocycles. The van der Waals surface area contributed by atoms with Gasteiger partial charge in [0.1, 0.15) is 0 Å². The number of piperidine rings is 1. The second-order valence-corrected chi connectivity index (χ2v) is 7.06. The Kier molecular flexibility index (Phi) is 5.51. The minimum Gasteiger partial charge on any atom is -0.465 e. The van der Waals surface area contributed by atoms with Gasteiger partial charge in [0, 0.05) is 13.1 Å². The first-order chi connectivity index (χ1) is 11.1. The molecule has 6 nitrogen and oxygen atoms in total. The van der Waals surface area contributed by atoms with E-state index in [9.17, 15) is 26.4 Å². The van der Waals surface area contributed by atoms with Crippen molar-refractivity contribution in [3.63, 3.8) is 0 Å². The van der Waals surface area contributed by atoms with Crippen LogP contribution in [-0.2, 0) is 19.5 Å². The van der Waals surface area contributed by atoms with E-state index in [1.807, 2.05) is 0 Å². The summed E-state index contributed by atoms with van der Waals surface area (Å²) in [7, 11) is -2.89. The molecule has 0 aromatic heterocycles. The van der Waals surface area contributed by atoms with Crippen molar-refractivity contribution in [2.75, 3.05) is 20.2 Å². The Bertz CT molecular complexity index is 697. The summed E-state index contributed by atoms with van der Waals surface area (Å²) in [6.07, 6.45) is -5.99. The van der Waals surface area contributed by atoms with Crippen LogP contribution in [0.5, 0.6) is 0 Å². The predicted molar refractivity (Wildman–Crippen MR) is 76.7 cm³/mol. The first kappa shape index (κ1) is 18.7. The third kappa shape index (κ3) is 4.25. The third-order valence-electron chi connectivity index (χ3n) is 3.61. The average Bonchev–Trinajstić information content (AvgIpc) is 2.53. The molecule has 1 aromatic rings. The van der Waals surface area contributed by atoms with Crippen LogP contribution in [0.1, 0.15) is 23.2 Å². The highest BCUT2D eigenvalue weighted by molar-refractivity contribution is 7.89. The van der Waals surface area contributed by atoms with Crippen molar-refractivity contribution in [2.45, 2.75) is 30.2 Å². The number of benzene rings is 1. The first-order valence-corrected chi connectivity index (χ1v) is 8.51. The number of ether oxygens (including phenoxy) is 2. The van der Waals surface area contributed by atoms with Crippen molar-refractivity contribution in [3.05, 3.63) is 29.8 Å². The number of rotatable bonds is 4. The molecule has 24 heavy (non-hydrogen) atoms. The molecule has 0 spiro atoms. The van der Waals surface area contributed by atoms with Crippen molar-refractivity contribution in [1.29, 1.82) is 0 Å². The lowest BCUT2D eigenvalue weighted by Gasteiger charge is -2.31. The molecule has 0 amide bonds. The van der Waals surface area contributed by atoms with Crippen LogP contribution in [0.3, 0.4) is 0 Å². The molecule has 0 unspecified atom stereocenters. The van der Waals surface area contributed by atoms with Crippen LogP contribution in [0, 0.1) is 0 Å². The van der Waals surface area contributed by atoms with E-state index in [1.54, 1.807) is 0 Å². The second-order valence-electron chi connectivity index (χ2n) is 5.15. The van der Waals surface area contributed by atoms with E-state index in [-0.39, 0.29) is 36.4 Å². The molecule has 0 bridgehead atoms. The first-order valence-electron chi connectivity index (χ1n) is 7.07. The van der Waals surface area contributed by atoms with Crippen LogP contribution in [0.4, 0.5) is 13.2 Å². The van der Waals surface area contributed by atoms with E-state index in [0.29, 0.717) is 0 Å². The number of hydrogen-bond acceptors (Lipinski definition) is 5. The van der Waals surface area contributed by atoms with Crippen molar-refractivity contribution in [1.82, 2.24) is 4.31 Å². The highest BCUT2D eigenvalue weighted by Gasteiger charge is 2.38. The fraction of sp³-hybridized carbons (Fsp3) is 0.500. The second kappa shape index (κ2) is 7.08. The number of sulfonamides is 1. The molecule has 0 atom stereocenters. The van der Waals surface area contributed by atoms with Crippen molar-refractivity contribution >= 4 is 16.0 Å². The lowest BCUT2D eigenvalue weighted by atomic mass is 10.1. The standard InChI is InChI=1S/C14H16F3NO5S/c1-22-13(19)11-4-2-3-5-12(11)24(20,21)18-8-6-10(7-9-18)23-14(15,16)17/h2-5,10H,6-9H2,1H3. The van der Waals surface area contributed by atoms with Gasteiger partial charge in [-0.15, -0.1) is 13.2 Å². The molecule has 134 valence electrons. The Morgan fingerprint density at radius 2 is 1.79 bits per heavy atom. The number of esters is 1. The molecule has 1 aromatic carbocycles. The van der Waals surface area contributed by atoms with E-state index in [0.717, 1.165) is 11.4 Å². The van der Waals surface area contributed by atoms with E-state index < -0.39 is 28.5 Å². The zero-order valence-corrected chi connectivity index (χ0v) is 13.6. The summed E-state index contributed by atoms with van der Waals surface area (Å²) in [5, 5.41) is 0. The fourth-order valence-electron chi connectivity index (χ4n) is 2.49. The molecular weight excluding hydrogens is 351 g/mol. The molecule has 1 aliphatic rings. The van der Waals surface area contributed by atoms with E-state index >= 15 is 0 Å².